The largest absolute Gasteiger partial charge is 0.497 e. The molecule has 3 nitrogen and oxygen atoms in total. The van der Waals surface area contributed by atoms with Crippen LogP contribution in [0.15, 0.2) is 22.7 Å². The van der Waals surface area contributed by atoms with E-state index >= 15 is 0 Å². The third-order valence-corrected chi connectivity index (χ3v) is 2.30. The Balaban J connectivity index is 2.49. The van der Waals surface area contributed by atoms with Crippen LogP contribution in [0.25, 0.3) is 0 Å². The molecule has 0 spiro atoms. The van der Waals surface area contributed by atoms with Gasteiger partial charge in [0.05, 0.1) is 13.7 Å². The highest BCUT2D eigenvalue weighted by Gasteiger charge is 2.00. The fourth-order valence-electron chi connectivity index (χ4n) is 1.13. The fourth-order valence-corrected chi connectivity index (χ4v) is 1.58. The van der Waals surface area contributed by atoms with Gasteiger partial charge in [-0.15, -0.1) is 0 Å². The quantitative estimate of drug-likeness (QED) is 0.747. The van der Waals surface area contributed by atoms with E-state index in [1.54, 1.807) is 14.2 Å². The molecule has 4 heteroatoms. The molecule has 0 radical (unpaired) electrons. The van der Waals surface area contributed by atoms with Crippen molar-refractivity contribution in [1.82, 2.24) is 0 Å². The van der Waals surface area contributed by atoms with E-state index in [-0.39, 0.29) is 0 Å². The molecule has 0 amide bonds. The zero-order valence-corrected chi connectivity index (χ0v) is 10.5. The van der Waals surface area contributed by atoms with Gasteiger partial charge in [0.2, 0.25) is 0 Å². The van der Waals surface area contributed by atoms with E-state index in [4.69, 9.17) is 14.2 Å². The zero-order chi connectivity index (χ0) is 11.1. The van der Waals surface area contributed by atoms with E-state index in [1.807, 2.05) is 18.2 Å². The van der Waals surface area contributed by atoms with Gasteiger partial charge in [0.1, 0.15) is 11.5 Å². The Hall–Kier alpha value is -0.740. The lowest BCUT2D eigenvalue weighted by Gasteiger charge is -2.08. The van der Waals surface area contributed by atoms with Crippen LogP contribution in [0.2, 0.25) is 0 Å². The highest BCUT2D eigenvalue weighted by molar-refractivity contribution is 9.10. The summed E-state index contributed by atoms with van der Waals surface area (Å²) >= 11 is 3.39. The summed E-state index contributed by atoms with van der Waals surface area (Å²) < 4.78 is 16.6. The predicted molar refractivity (Wildman–Crippen MR) is 62.7 cm³/mol. The maximum atomic E-state index is 5.54. The minimum atomic E-state index is 0.646. The Labute approximate surface area is 98.5 Å². The topological polar surface area (TPSA) is 27.7 Å². The molecule has 0 bridgehead atoms. The summed E-state index contributed by atoms with van der Waals surface area (Å²) in [7, 11) is 3.32. The van der Waals surface area contributed by atoms with E-state index in [2.05, 4.69) is 15.9 Å². The average Bonchev–Trinajstić information content (AvgIpc) is 2.23. The minimum absolute atomic E-state index is 0.646. The average molecular weight is 275 g/mol. The zero-order valence-electron chi connectivity index (χ0n) is 8.96. The maximum absolute atomic E-state index is 5.54. The van der Waals surface area contributed by atoms with Crippen molar-refractivity contribution >= 4 is 15.9 Å². The van der Waals surface area contributed by atoms with Crippen molar-refractivity contribution in [2.45, 2.75) is 6.42 Å². The minimum Gasteiger partial charge on any atom is -0.497 e. The van der Waals surface area contributed by atoms with Crippen LogP contribution in [0.3, 0.4) is 0 Å². The van der Waals surface area contributed by atoms with Crippen LogP contribution in [0.5, 0.6) is 11.5 Å². The molecule has 0 saturated heterocycles. The van der Waals surface area contributed by atoms with Crippen LogP contribution in [-0.4, -0.2) is 27.4 Å². The maximum Gasteiger partial charge on any atom is 0.124 e. The van der Waals surface area contributed by atoms with Crippen molar-refractivity contribution in [2.75, 3.05) is 27.4 Å². The lowest BCUT2D eigenvalue weighted by molar-refractivity contribution is 0.172. The highest BCUT2D eigenvalue weighted by atomic mass is 79.9. The summed E-state index contributed by atoms with van der Waals surface area (Å²) in [4.78, 5) is 0. The third kappa shape index (κ3) is 4.53. The second-order valence-corrected chi connectivity index (χ2v) is 3.94. The van der Waals surface area contributed by atoms with E-state index in [1.165, 1.54) is 0 Å². The molecule has 84 valence electrons. The molecule has 0 unspecified atom stereocenters. The molecule has 0 aliphatic rings. The number of rotatable bonds is 6. The summed E-state index contributed by atoms with van der Waals surface area (Å²) in [5.74, 6) is 1.59. The van der Waals surface area contributed by atoms with Crippen molar-refractivity contribution in [1.29, 1.82) is 0 Å². The van der Waals surface area contributed by atoms with Crippen molar-refractivity contribution < 1.29 is 14.2 Å². The van der Waals surface area contributed by atoms with Gasteiger partial charge >= 0.3 is 0 Å². The summed E-state index contributed by atoms with van der Waals surface area (Å²) in [6.45, 7) is 1.36. The highest BCUT2D eigenvalue weighted by Crippen LogP contribution is 2.26. The number of methoxy groups -OCH3 is 2. The summed E-state index contributed by atoms with van der Waals surface area (Å²) in [5.41, 5.74) is 0. The first-order valence-electron chi connectivity index (χ1n) is 4.72. The third-order valence-electron chi connectivity index (χ3n) is 1.84. The number of halogens is 1. The molecule has 0 aliphatic heterocycles. The van der Waals surface area contributed by atoms with Gasteiger partial charge < -0.3 is 14.2 Å². The molecule has 0 fully saturated rings. The van der Waals surface area contributed by atoms with E-state index in [0.29, 0.717) is 13.2 Å². The lowest BCUT2D eigenvalue weighted by Crippen LogP contribution is -2.01. The fraction of sp³-hybridized carbons (Fsp3) is 0.455. The molecule has 1 aromatic carbocycles. The second kappa shape index (κ2) is 6.69. The Morgan fingerprint density at radius 2 is 1.80 bits per heavy atom. The normalized spacial score (nSPS) is 10.1. The Morgan fingerprint density at radius 3 is 2.47 bits per heavy atom. The van der Waals surface area contributed by atoms with Crippen LogP contribution in [-0.2, 0) is 4.74 Å². The van der Waals surface area contributed by atoms with Crippen molar-refractivity contribution in [3.8, 4) is 11.5 Å². The Bertz CT molecular complexity index is 302. The van der Waals surface area contributed by atoms with E-state index in [0.717, 1.165) is 22.4 Å². The van der Waals surface area contributed by atoms with Crippen molar-refractivity contribution in [3.05, 3.63) is 22.7 Å². The summed E-state index contributed by atoms with van der Waals surface area (Å²) in [5, 5.41) is 0. The van der Waals surface area contributed by atoms with Crippen molar-refractivity contribution in [2.24, 2.45) is 0 Å². The van der Waals surface area contributed by atoms with Crippen molar-refractivity contribution in [3.63, 3.8) is 0 Å². The van der Waals surface area contributed by atoms with Gasteiger partial charge in [-0.25, -0.2) is 0 Å². The van der Waals surface area contributed by atoms with Gasteiger partial charge in [-0.1, -0.05) is 15.9 Å². The van der Waals surface area contributed by atoms with Crippen LogP contribution in [0.1, 0.15) is 6.42 Å². The van der Waals surface area contributed by atoms with Gasteiger partial charge in [0.25, 0.3) is 0 Å². The van der Waals surface area contributed by atoms with Gasteiger partial charge in [-0.2, -0.15) is 0 Å². The molecule has 0 heterocycles. The van der Waals surface area contributed by atoms with E-state index in [9.17, 15) is 0 Å². The number of ether oxygens (including phenoxy) is 3. The molecule has 0 aromatic heterocycles. The van der Waals surface area contributed by atoms with Gasteiger partial charge in [0, 0.05) is 30.7 Å². The van der Waals surface area contributed by atoms with Crippen LogP contribution >= 0.6 is 15.9 Å². The second-order valence-electron chi connectivity index (χ2n) is 3.02. The molecule has 0 aliphatic carbocycles. The van der Waals surface area contributed by atoms with Gasteiger partial charge in [-0.05, 0) is 12.1 Å². The molecule has 15 heavy (non-hydrogen) atoms. The molecule has 1 rings (SSSR count). The first-order valence-corrected chi connectivity index (χ1v) is 5.52. The molecule has 0 atom stereocenters. The molecular formula is C11H15BrO3. The molecule has 0 saturated carbocycles. The summed E-state index contributed by atoms with van der Waals surface area (Å²) in [6, 6.07) is 5.66. The molecule has 1 aromatic rings. The van der Waals surface area contributed by atoms with Crippen LogP contribution in [0, 0.1) is 0 Å². The smallest absolute Gasteiger partial charge is 0.124 e. The Kier molecular flexibility index (Phi) is 5.50. The lowest BCUT2D eigenvalue weighted by atomic mass is 10.3. The van der Waals surface area contributed by atoms with Crippen LogP contribution < -0.4 is 9.47 Å². The SMILES string of the molecule is COCCCOc1cc(Br)cc(OC)c1. The first kappa shape index (κ1) is 12.3. The van der Waals surface area contributed by atoms with Crippen LogP contribution in [0.4, 0.5) is 0 Å². The summed E-state index contributed by atoms with van der Waals surface area (Å²) in [6.07, 6.45) is 0.880. The van der Waals surface area contributed by atoms with E-state index < -0.39 is 0 Å². The number of hydrogen-bond donors (Lipinski definition) is 0. The number of hydrogen-bond acceptors (Lipinski definition) is 3. The van der Waals surface area contributed by atoms with Gasteiger partial charge in [-0.3, -0.25) is 0 Å². The monoisotopic (exact) mass is 274 g/mol. The first-order chi connectivity index (χ1) is 7.26. The predicted octanol–water partition coefficient (Wildman–Crippen LogP) is 2.87. The van der Waals surface area contributed by atoms with Gasteiger partial charge in [0.15, 0.2) is 0 Å². The molecular weight excluding hydrogens is 260 g/mol. The number of benzene rings is 1. The molecule has 0 N–H and O–H groups in total. The Morgan fingerprint density at radius 1 is 1.07 bits per heavy atom. The standard InChI is InChI=1S/C11H15BrO3/c1-13-4-3-5-15-11-7-9(12)6-10(8-11)14-2/h6-8H,3-5H2,1-2H3.